The van der Waals surface area contributed by atoms with E-state index in [1.165, 1.54) is 4.90 Å². The Morgan fingerprint density at radius 2 is 1.86 bits per heavy atom. The van der Waals surface area contributed by atoms with Gasteiger partial charge in [-0.15, -0.1) is 0 Å². The molecule has 8 heteroatoms. The molecule has 0 unspecified atom stereocenters. The van der Waals surface area contributed by atoms with Gasteiger partial charge in [-0.3, -0.25) is 14.4 Å². The van der Waals surface area contributed by atoms with Crippen LogP contribution in [0.1, 0.15) is 31.2 Å². The second-order valence-corrected chi connectivity index (χ2v) is 7.74. The minimum atomic E-state index is -0.961. The van der Waals surface area contributed by atoms with Crippen molar-refractivity contribution < 1.29 is 29.0 Å². The predicted octanol–water partition coefficient (Wildman–Crippen LogP) is 1.18. The molecule has 1 aliphatic carbocycles. The van der Waals surface area contributed by atoms with Crippen LogP contribution in [0.15, 0.2) is 18.2 Å². The molecule has 2 N–H and O–H groups in total. The lowest BCUT2D eigenvalue weighted by Crippen LogP contribution is -2.50. The number of aryl methyl sites for hydroxylation is 1. The summed E-state index contributed by atoms with van der Waals surface area (Å²) in [5, 5.41) is 12.4. The van der Waals surface area contributed by atoms with Crippen molar-refractivity contribution in [3.8, 4) is 11.5 Å². The minimum Gasteiger partial charge on any atom is -0.481 e. The SMILES string of the molecule is O=C(O)[C@@H]1C[C@@H](C(=O)NC2CC2)CN(C(=O)CCc2ccc3c(c2)OCO3)C1. The zero-order valence-electron chi connectivity index (χ0n) is 15.6. The molecule has 2 amide bonds. The molecule has 2 aliphatic heterocycles. The summed E-state index contributed by atoms with van der Waals surface area (Å²) in [6, 6.07) is 5.79. The normalized spacial score (nSPS) is 23.4. The van der Waals surface area contributed by atoms with Crippen LogP contribution in [0.3, 0.4) is 0 Å². The largest absolute Gasteiger partial charge is 0.481 e. The van der Waals surface area contributed by atoms with Crippen molar-refractivity contribution in [1.29, 1.82) is 0 Å². The maximum Gasteiger partial charge on any atom is 0.308 e. The lowest BCUT2D eigenvalue weighted by molar-refractivity contribution is -0.148. The maximum absolute atomic E-state index is 12.7. The highest BCUT2D eigenvalue weighted by molar-refractivity contribution is 5.83. The number of nitrogens with one attached hydrogen (secondary N) is 1. The van der Waals surface area contributed by atoms with Gasteiger partial charge in [0.05, 0.1) is 11.8 Å². The van der Waals surface area contributed by atoms with Crippen LogP contribution < -0.4 is 14.8 Å². The monoisotopic (exact) mass is 388 g/mol. The molecule has 4 rings (SSSR count). The van der Waals surface area contributed by atoms with Crippen LogP contribution in [0.25, 0.3) is 0 Å². The molecule has 0 aromatic heterocycles. The zero-order valence-corrected chi connectivity index (χ0v) is 15.6. The number of hydrogen-bond donors (Lipinski definition) is 2. The third kappa shape index (κ3) is 4.21. The molecule has 2 atom stereocenters. The number of hydrogen-bond acceptors (Lipinski definition) is 5. The van der Waals surface area contributed by atoms with Gasteiger partial charge in [-0.1, -0.05) is 6.07 Å². The smallest absolute Gasteiger partial charge is 0.308 e. The molecule has 28 heavy (non-hydrogen) atoms. The van der Waals surface area contributed by atoms with Crippen molar-refractivity contribution in [2.45, 2.75) is 38.1 Å². The summed E-state index contributed by atoms with van der Waals surface area (Å²) in [6.07, 6.45) is 2.99. The molecule has 3 aliphatic rings. The molecule has 8 nitrogen and oxygen atoms in total. The van der Waals surface area contributed by atoms with Gasteiger partial charge >= 0.3 is 5.97 Å². The van der Waals surface area contributed by atoms with Gasteiger partial charge in [0.1, 0.15) is 0 Å². The summed E-state index contributed by atoms with van der Waals surface area (Å²) in [4.78, 5) is 38.2. The number of benzene rings is 1. The number of likely N-dealkylation sites (tertiary alicyclic amines) is 1. The lowest BCUT2D eigenvalue weighted by Gasteiger charge is -2.35. The first-order valence-corrected chi connectivity index (χ1v) is 9.69. The van der Waals surface area contributed by atoms with Crippen LogP contribution in [0.5, 0.6) is 11.5 Å². The van der Waals surface area contributed by atoms with Gasteiger partial charge in [0.25, 0.3) is 0 Å². The highest BCUT2D eigenvalue weighted by atomic mass is 16.7. The van der Waals surface area contributed by atoms with E-state index < -0.39 is 17.8 Å². The quantitative estimate of drug-likeness (QED) is 0.758. The van der Waals surface area contributed by atoms with Crippen molar-refractivity contribution >= 4 is 17.8 Å². The summed E-state index contributed by atoms with van der Waals surface area (Å²) >= 11 is 0. The van der Waals surface area contributed by atoms with Crippen molar-refractivity contribution in [3.63, 3.8) is 0 Å². The highest BCUT2D eigenvalue weighted by Crippen LogP contribution is 2.33. The fourth-order valence-corrected chi connectivity index (χ4v) is 3.72. The number of nitrogens with zero attached hydrogens (tertiary/aromatic N) is 1. The van der Waals surface area contributed by atoms with Gasteiger partial charge in [0.2, 0.25) is 18.6 Å². The summed E-state index contributed by atoms with van der Waals surface area (Å²) < 4.78 is 10.6. The standard InChI is InChI=1S/C20H24N2O6/c23-18(6-2-12-1-5-16-17(7-12)28-11-27-16)22-9-13(8-14(10-22)20(25)26)19(24)21-15-3-4-15/h1,5,7,13-15H,2-4,6,8-11H2,(H,21,24)(H,25,26)/t13-,14-/m1/s1. The van der Waals surface area contributed by atoms with Gasteiger partial charge in [0.15, 0.2) is 11.5 Å². The third-order valence-electron chi connectivity index (χ3n) is 5.51. The van der Waals surface area contributed by atoms with Crippen molar-refractivity contribution in [3.05, 3.63) is 23.8 Å². The van der Waals surface area contributed by atoms with Crippen LogP contribution >= 0.6 is 0 Å². The van der Waals surface area contributed by atoms with Gasteiger partial charge < -0.3 is 24.8 Å². The van der Waals surface area contributed by atoms with Crippen molar-refractivity contribution in [2.24, 2.45) is 11.8 Å². The van der Waals surface area contributed by atoms with Gasteiger partial charge in [-0.05, 0) is 43.4 Å². The Labute approximate surface area is 162 Å². The topological polar surface area (TPSA) is 105 Å². The lowest BCUT2D eigenvalue weighted by atomic mass is 9.88. The molecule has 1 aromatic carbocycles. The number of carbonyl (C=O) groups is 3. The van der Waals surface area contributed by atoms with E-state index in [-0.39, 0.29) is 50.6 Å². The number of carboxylic acids is 1. The molecule has 0 radical (unpaired) electrons. The van der Waals surface area contributed by atoms with Gasteiger partial charge in [-0.25, -0.2) is 0 Å². The van der Waals surface area contributed by atoms with E-state index in [2.05, 4.69) is 5.32 Å². The van der Waals surface area contributed by atoms with E-state index in [1.807, 2.05) is 18.2 Å². The van der Waals surface area contributed by atoms with Crippen LogP contribution in [0, 0.1) is 11.8 Å². The molecule has 1 saturated heterocycles. The molecule has 0 spiro atoms. The van der Waals surface area contributed by atoms with Gasteiger partial charge in [-0.2, -0.15) is 0 Å². The summed E-state index contributed by atoms with van der Waals surface area (Å²) in [5.41, 5.74) is 0.951. The summed E-state index contributed by atoms with van der Waals surface area (Å²) in [5.74, 6) is -1.04. The second kappa shape index (κ2) is 7.69. The maximum atomic E-state index is 12.7. The van der Waals surface area contributed by atoms with Crippen LogP contribution in [0.4, 0.5) is 0 Å². The Balaban J connectivity index is 1.37. The Morgan fingerprint density at radius 3 is 2.61 bits per heavy atom. The Kier molecular flexibility index (Phi) is 5.11. The van der Waals surface area contributed by atoms with E-state index in [9.17, 15) is 19.5 Å². The van der Waals surface area contributed by atoms with E-state index in [4.69, 9.17) is 9.47 Å². The molecule has 2 fully saturated rings. The van der Waals surface area contributed by atoms with E-state index in [0.29, 0.717) is 17.9 Å². The zero-order chi connectivity index (χ0) is 19.7. The minimum absolute atomic E-state index is 0.132. The van der Waals surface area contributed by atoms with Crippen LogP contribution in [-0.2, 0) is 20.8 Å². The first-order valence-electron chi connectivity index (χ1n) is 9.69. The second-order valence-electron chi connectivity index (χ2n) is 7.74. The number of fused-ring (bicyclic) bond motifs is 1. The number of carbonyl (C=O) groups excluding carboxylic acids is 2. The van der Waals surface area contributed by atoms with Crippen molar-refractivity contribution in [1.82, 2.24) is 10.2 Å². The fraction of sp³-hybridized carbons (Fsp3) is 0.550. The van der Waals surface area contributed by atoms with E-state index in [1.54, 1.807) is 0 Å². The summed E-state index contributed by atoms with van der Waals surface area (Å²) in [7, 11) is 0. The molecule has 1 aromatic rings. The van der Waals surface area contributed by atoms with E-state index >= 15 is 0 Å². The Bertz CT molecular complexity index is 791. The number of rotatable bonds is 6. The fourth-order valence-electron chi connectivity index (χ4n) is 3.72. The molecular formula is C20H24N2O6. The first-order chi connectivity index (χ1) is 13.5. The van der Waals surface area contributed by atoms with Gasteiger partial charge in [0, 0.05) is 25.6 Å². The summed E-state index contributed by atoms with van der Waals surface area (Å²) in [6.45, 7) is 0.636. The number of amides is 2. The number of aliphatic carboxylic acids is 1. The van der Waals surface area contributed by atoms with Crippen LogP contribution in [-0.4, -0.2) is 53.7 Å². The molecule has 1 saturated carbocycles. The predicted molar refractivity (Wildman–Crippen MR) is 97.9 cm³/mol. The number of ether oxygens (including phenoxy) is 2. The average molecular weight is 388 g/mol. The third-order valence-corrected chi connectivity index (χ3v) is 5.51. The first kappa shape index (κ1) is 18.6. The Hall–Kier alpha value is -2.77. The number of carboxylic acid groups (broad SMARTS) is 1. The van der Waals surface area contributed by atoms with E-state index in [0.717, 1.165) is 18.4 Å². The average Bonchev–Trinajstić information content (AvgIpc) is 3.38. The molecule has 150 valence electrons. The Morgan fingerprint density at radius 1 is 1.11 bits per heavy atom. The molecule has 2 heterocycles. The molecular weight excluding hydrogens is 364 g/mol. The van der Waals surface area contributed by atoms with Crippen molar-refractivity contribution in [2.75, 3.05) is 19.9 Å². The van der Waals surface area contributed by atoms with Crippen LogP contribution in [0.2, 0.25) is 0 Å². The highest BCUT2D eigenvalue weighted by Gasteiger charge is 2.38. The molecule has 0 bridgehead atoms. The number of piperidine rings is 1.